The number of halogens is 1. The topological polar surface area (TPSA) is 34.2 Å². The highest BCUT2D eigenvalue weighted by Gasteiger charge is 2.27. The summed E-state index contributed by atoms with van der Waals surface area (Å²) < 4.78 is 20.4. The van der Waals surface area contributed by atoms with Gasteiger partial charge in [-0.1, -0.05) is 6.07 Å². The Morgan fingerprint density at radius 2 is 2.12 bits per heavy atom. The number of hydrogen-bond acceptors (Lipinski definition) is 5. The van der Waals surface area contributed by atoms with Crippen LogP contribution in [0.2, 0.25) is 0 Å². The summed E-state index contributed by atoms with van der Waals surface area (Å²) in [5.74, 6) is 0.138. The number of benzene rings is 1. The van der Waals surface area contributed by atoms with Gasteiger partial charge in [0.1, 0.15) is 5.82 Å². The molecule has 1 fully saturated rings. The van der Waals surface area contributed by atoms with Crippen LogP contribution in [0.4, 0.5) is 4.39 Å². The number of nitrogens with zero attached hydrogens (tertiary/aromatic N) is 3. The largest absolute Gasteiger partial charge is 0.409 e. The molecule has 0 radical (unpaired) electrons. The minimum Gasteiger partial charge on any atom is -0.409 e. The van der Waals surface area contributed by atoms with Gasteiger partial charge in [0.05, 0.1) is 6.67 Å². The van der Waals surface area contributed by atoms with E-state index in [0.717, 1.165) is 18.5 Å². The second-order valence-electron chi connectivity index (χ2n) is 5.81. The highest BCUT2D eigenvalue weighted by atomic mass is 32.1. The number of aromatic nitrogens is 2. The van der Waals surface area contributed by atoms with Crippen molar-refractivity contribution in [3.63, 3.8) is 0 Å². The average Bonchev–Trinajstić information content (AvgIpc) is 3.30. The Hall–Kier alpha value is -1.83. The van der Waals surface area contributed by atoms with Crippen molar-refractivity contribution in [1.29, 1.82) is 0 Å². The van der Waals surface area contributed by atoms with Gasteiger partial charge in [-0.15, -0.1) is 16.4 Å². The zero-order valence-electron chi connectivity index (χ0n) is 12.9. The van der Waals surface area contributed by atoms with E-state index in [2.05, 4.69) is 27.5 Å². The van der Waals surface area contributed by atoms with Gasteiger partial charge in [0.25, 0.3) is 4.84 Å². The number of thiophene rings is 1. The first-order valence-corrected chi connectivity index (χ1v) is 9.11. The van der Waals surface area contributed by atoms with Crippen molar-refractivity contribution < 1.29 is 8.81 Å². The zero-order chi connectivity index (χ0) is 16.5. The maximum absolute atomic E-state index is 13.1. The second-order valence-corrected chi connectivity index (χ2v) is 7.14. The van der Waals surface area contributed by atoms with Crippen LogP contribution >= 0.6 is 23.6 Å². The van der Waals surface area contributed by atoms with E-state index in [0.29, 0.717) is 23.4 Å². The molecule has 7 heteroatoms. The predicted octanol–water partition coefficient (Wildman–Crippen LogP) is 4.87. The highest BCUT2D eigenvalue weighted by molar-refractivity contribution is 7.71. The molecule has 24 heavy (non-hydrogen) atoms. The summed E-state index contributed by atoms with van der Waals surface area (Å²) >= 11 is 7.09. The third kappa shape index (κ3) is 3.07. The summed E-state index contributed by atoms with van der Waals surface area (Å²) in [4.78, 5) is 4.09. The zero-order valence-corrected chi connectivity index (χ0v) is 14.5. The van der Waals surface area contributed by atoms with E-state index in [1.54, 1.807) is 28.2 Å². The van der Waals surface area contributed by atoms with E-state index in [-0.39, 0.29) is 5.82 Å². The van der Waals surface area contributed by atoms with E-state index in [1.165, 1.54) is 23.4 Å². The van der Waals surface area contributed by atoms with Gasteiger partial charge in [0.2, 0.25) is 5.89 Å². The minimum atomic E-state index is -0.285. The normalized spacial score (nSPS) is 18.3. The molecule has 0 spiro atoms. The molecule has 1 aliphatic rings. The molecule has 0 amide bonds. The maximum atomic E-state index is 13.1. The maximum Gasteiger partial charge on any atom is 0.288 e. The monoisotopic (exact) mass is 361 g/mol. The molecule has 1 aliphatic heterocycles. The molecular weight excluding hydrogens is 345 g/mol. The molecule has 0 aliphatic carbocycles. The van der Waals surface area contributed by atoms with Crippen molar-refractivity contribution in [3.05, 3.63) is 57.3 Å². The lowest BCUT2D eigenvalue weighted by atomic mass is 10.2. The van der Waals surface area contributed by atoms with Gasteiger partial charge in [-0.25, -0.2) is 9.07 Å². The lowest BCUT2D eigenvalue weighted by Gasteiger charge is -2.22. The van der Waals surface area contributed by atoms with E-state index in [9.17, 15) is 4.39 Å². The molecule has 2 aromatic heterocycles. The third-order valence-corrected chi connectivity index (χ3v) is 5.52. The number of hydrogen-bond donors (Lipinski definition) is 0. The summed E-state index contributed by atoms with van der Waals surface area (Å²) in [6.07, 6.45) is 2.31. The van der Waals surface area contributed by atoms with Crippen molar-refractivity contribution in [1.82, 2.24) is 14.7 Å². The fraction of sp³-hybridized carbons (Fsp3) is 0.294. The Morgan fingerprint density at radius 3 is 2.88 bits per heavy atom. The van der Waals surface area contributed by atoms with Crippen LogP contribution in [0.25, 0.3) is 11.5 Å². The van der Waals surface area contributed by atoms with Gasteiger partial charge in [0, 0.05) is 23.0 Å². The Bertz CT molecular complexity index is 870. The lowest BCUT2D eigenvalue weighted by Crippen LogP contribution is -2.26. The van der Waals surface area contributed by atoms with Crippen LogP contribution in [0.1, 0.15) is 23.8 Å². The molecule has 1 aromatic carbocycles. The first-order valence-electron chi connectivity index (χ1n) is 7.82. The first-order chi connectivity index (χ1) is 11.7. The molecule has 124 valence electrons. The summed E-state index contributed by atoms with van der Waals surface area (Å²) in [5, 5.41) is 6.59. The summed E-state index contributed by atoms with van der Waals surface area (Å²) in [6, 6.07) is 10.7. The SMILES string of the molecule is Fc1ccc(-c2nn(CN3CCC[C@@H]3c3cccs3)c(=S)o2)cc1. The fourth-order valence-corrected chi connectivity index (χ4v) is 4.15. The van der Waals surface area contributed by atoms with E-state index < -0.39 is 0 Å². The fourth-order valence-electron chi connectivity index (χ4n) is 3.08. The van der Waals surface area contributed by atoms with Crippen molar-refractivity contribution in [2.45, 2.75) is 25.6 Å². The highest BCUT2D eigenvalue weighted by Crippen LogP contribution is 2.34. The Balaban J connectivity index is 1.57. The van der Waals surface area contributed by atoms with Crippen LogP contribution in [-0.4, -0.2) is 21.2 Å². The van der Waals surface area contributed by atoms with Crippen molar-refractivity contribution >= 4 is 23.6 Å². The number of likely N-dealkylation sites (tertiary alicyclic amines) is 1. The standard InChI is InChI=1S/C17H16FN3OS2/c18-13-7-5-12(6-8-13)16-19-21(17(23)22-16)11-20-9-1-3-14(20)15-4-2-10-24-15/h2,4-8,10,14H,1,3,9,11H2/t14-/m1/s1. The summed E-state index contributed by atoms with van der Waals surface area (Å²) in [7, 11) is 0. The quantitative estimate of drug-likeness (QED) is 0.621. The number of rotatable bonds is 4. The summed E-state index contributed by atoms with van der Waals surface area (Å²) in [6.45, 7) is 1.62. The Labute approximate surface area is 148 Å². The van der Waals surface area contributed by atoms with Crippen molar-refractivity contribution in [2.24, 2.45) is 0 Å². The predicted molar refractivity (Wildman–Crippen MR) is 93.7 cm³/mol. The van der Waals surface area contributed by atoms with Gasteiger partial charge in [-0.2, -0.15) is 0 Å². The molecule has 1 atom stereocenters. The molecule has 0 bridgehead atoms. The van der Waals surface area contributed by atoms with Crippen LogP contribution in [0.15, 0.2) is 46.2 Å². The molecule has 3 aromatic rings. The van der Waals surface area contributed by atoms with Crippen molar-refractivity contribution in [2.75, 3.05) is 6.54 Å². The second kappa shape index (κ2) is 6.58. The molecular formula is C17H16FN3OS2. The van der Waals surface area contributed by atoms with E-state index >= 15 is 0 Å². The molecule has 0 saturated carbocycles. The van der Waals surface area contributed by atoms with Gasteiger partial charge >= 0.3 is 0 Å². The van der Waals surface area contributed by atoms with E-state index in [1.807, 2.05) is 0 Å². The van der Waals surface area contributed by atoms with Crippen molar-refractivity contribution in [3.8, 4) is 11.5 Å². The molecule has 0 N–H and O–H groups in total. The van der Waals surface area contributed by atoms with Crippen LogP contribution in [0.3, 0.4) is 0 Å². The average molecular weight is 361 g/mol. The molecule has 3 heterocycles. The molecule has 4 nitrogen and oxygen atoms in total. The van der Waals surface area contributed by atoms with Crippen LogP contribution in [0.5, 0.6) is 0 Å². The first kappa shape index (κ1) is 15.7. The minimum absolute atomic E-state index is 0.285. The smallest absolute Gasteiger partial charge is 0.288 e. The van der Waals surface area contributed by atoms with Crippen LogP contribution < -0.4 is 0 Å². The molecule has 4 rings (SSSR count). The van der Waals surface area contributed by atoms with E-state index in [4.69, 9.17) is 16.6 Å². The van der Waals surface area contributed by atoms with Crippen LogP contribution in [-0.2, 0) is 6.67 Å². The Kier molecular flexibility index (Phi) is 4.30. The molecule has 0 unspecified atom stereocenters. The molecule has 1 saturated heterocycles. The summed E-state index contributed by atoms with van der Waals surface area (Å²) in [5.41, 5.74) is 0.720. The van der Waals surface area contributed by atoms with Crippen LogP contribution in [0, 0.1) is 10.7 Å². The van der Waals surface area contributed by atoms with Gasteiger partial charge in [-0.3, -0.25) is 4.90 Å². The Morgan fingerprint density at radius 1 is 1.29 bits per heavy atom. The third-order valence-electron chi connectivity index (χ3n) is 4.25. The van der Waals surface area contributed by atoms with Gasteiger partial charge < -0.3 is 4.42 Å². The van der Waals surface area contributed by atoms with Gasteiger partial charge in [0.15, 0.2) is 0 Å². The lowest BCUT2D eigenvalue weighted by molar-refractivity contribution is 0.190. The van der Waals surface area contributed by atoms with Gasteiger partial charge in [-0.05, 0) is 60.8 Å².